The zero-order chi connectivity index (χ0) is 23.8. The Morgan fingerprint density at radius 2 is 1.91 bits per heavy atom. The number of pyridine rings is 2. The lowest BCUT2D eigenvalue weighted by Gasteiger charge is -2.28. The number of amides is 1. The monoisotopic (exact) mass is 460 g/mol. The second-order valence-corrected chi connectivity index (χ2v) is 9.29. The van der Waals surface area contributed by atoms with Crippen LogP contribution in [0.1, 0.15) is 61.6 Å². The molecule has 0 bridgehead atoms. The summed E-state index contributed by atoms with van der Waals surface area (Å²) in [4.78, 5) is 27.6. The van der Waals surface area contributed by atoms with Crippen LogP contribution >= 0.6 is 0 Å². The van der Waals surface area contributed by atoms with Crippen molar-refractivity contribution in [2.24, 2.45) is 0 Å². The van der Waals surface area contributed by atoms with Gasteiger partial charge in [-0.3, -0.25) is 9.69 Å². The maximum absolute atomic E-state index is 13.6. The molecule has 0 aliphatic carbocycles. The highest BCUT2D eigenvalue weighted by Gasteiger charge is 2.35. The van der Waals surface area contributed by atoms with Crippen LogP contribution in [0.3, 0.4) is 0 Å². The smallest absolute Gasteiger partial charge is 0.260 e. The highest BCUT2D eigenvalue weighted by Crippen LogP contribution is 2.35. The van der Waals surface area contributed by atoms with Crippen LogP contribution in [0.5, 0.6) is 0 Å². The molecule has 178 valence electrons. The van der Waals surface area contributed by atoms with E-state index in [-0.39, 0.29) is 5.91 Å². The van der Waals surface area contributed by atoms with Gasteiger partial charge >= 0.3 is 0 Å². The van der Waals surface area contributed by atoms with Gasteiger partial charge in [0.05, 0.1) is 17.8 Å². The highest BCUT2D eigenvalue weighted by atomic mass is 16.2. The maximum atomic E-state index is 13.6. The van der Waals surface area contributed by atoms with Gasteiger partial charge in [0.1, 0.15) is 23.7 Å². The van der Waals surface area contributed by atoms with Crippen molar-refractivity contribution in [2.75, 3.05) is 16.8 Å². The fourth-order valence-electron chi connectivity index (χ4n) is 5.19. The third kappa shape index (κ3) is 3.83. The molecular weight excluding hydrogens is 428 g/mol. The quantitative estimate of drug-likeness (QED) is 0.578. The highest BCUT2D eigenvalue weighted by molar-refractivity contribution is 6.10. The van der Waals surface area contributed by atoms with Crippen LogP contribution in [0, 0.1) is 0 Å². The molecule has 1 amide bonds. The van der Waals surface area contributed by atoms with Gasteiger partial charge in [0, 0.05) is 30.7 Å². The fraction of sp³-hybridized carbons (Fsp3) is 0.480. The van der Waals surface area contributed by atoms with Gasteiger partial charge in [-0.15, -0.1) is 10.2 Å². The Hall–Kier alpha value is -3.33. The Labute approximate surface area is 200 Å². The minimum Gasteiger partial charge on any atom is -0.351 e. The number of hydrogen-bond acceptors (Lipinski definition) is 7. The molecule has 9 heteroatoms. The van der Waals surface area contributed by atoms with Crippen molar-refractivity contribution in [2.45, 2.75) is 71.8 Å². The molecule has 5 heterocycles. The number of aromatic nitrogens is 5. The number of anilines is 2. The molecule has 2 atom stereocenters. The van der Waals surface area contributed by atoms with E-state index in [1.54, 1.807) is 11.2 Å². The molecule has 0 saturated carbocycles. The first-order valence-corrected chi connectivity index (χ1v) is 12.1. The summed E-state index contributed by atoms with van der Waals surface area (Å²) in [5, 5.41) is 11.5. The van der Waals surface area contributed by atoms with Gasteiger partial charge in [0.2, 0.25) is 0 Å². The SMILES string of the molecule is CCCn1cnnc1-c1cccc(N2Cc3c(cc(N4C(C)CC[C@H]4C)nc3CNC)C2=O)n1. The summed E-state index contributed by atoms with van der Waals surface area (Å²) in [6.45, 7) is 8.47. The number of carbonyl (C=O) groups excluding carboxylic acids is 1. The first kappa shape index (κ1) is 22.5. The largest absolute Gasteiger partial charge is 0.351 e. The predicted molar refractivity (Wildman–Crippen MR) is 132 cm³/mol. The zero-order valence-corrected chi connectivity index (χ0v) is 20.3. The van der Waals surface area contributed by atoms with Crippen molar-refractivity contribution in [1.82, 2.24) is 30.0 Å². The van der Waals surface area contributed by atoms with E-state index in [0.29, 0.717) is 42.5 Å². The molecule has 3 aromatic rings. The average molecular weight is 461 g/mol. The zero-order valence-electron chi connectivity index (χ0n) is 20.3. The van der Waals surface area contributed by atoms with E-state index in [4.69, 9.17) is 9.97 Å². The Bertz CT molecular complexity index is 1200. The van der Waals surface area contributed by atoms with E-state index in [0.717, 1.165) is 48.4 Å². The second-order valence-electron chi connectivity index (χ2n) is 9.29. The van der Waals surface area contributed by atoms with Crippen LogP contribution in [-0.4, -0.2) is 49.8 Å². The number of nitrogens with one attached hydrogen (secondary N) is 1. The normalized spacial score (nSPS) is 19.8. The molecule has 0 radical (unpaired) electrons. The molecular formula is C25H32N8O. The van der Waals surface area contributed by atoms with Gasteiger partial charge in [-0.25, -0.2) is 9.97 Å². The summed E-state index contributed by atoms with van der Waals surface area (Å²) in [5.74, 6) is 2.19. The first-order chi connectivity index (χ1) is 16.5. The summed E-state index contributed by atoms with van der Waals surface area (Å²) in [6, 6.07) is 8.52. The van der Waals surface area contributed by atoms with Crippen LogP contribution in [0.15, 0.2) is 30.6 Å². The summed E-state index contributed by atoms with van der Waals surface area (Å²) in [5.41, 5.74) is 3.34. The van der Waals surface area contributed by atoms with Crippen LogP contribution in [0.25, 0.3) is 11.5 Å². The van der Waals surface area contributed by atoms with Crippen molar-refractivity contribution in [3.63, 3.8) is 0 Å². The van der Waals surface area contributed by atoms with Crippen molar-refractivity contribution in [3.05, 3.63) is 47.4 Å². The van der Waals surface area contributed by atoms with E-state index >= 15 is 0 Å². The van der Waals surface area contributed by atoms with E-state index in [1.165, 1.54) is 0 Å². The van der Waals surface area contributed by atoms with Gasteiger partial charge in [-0.2, -0.15) is 0 Å². The van der Waals surface area contributed by atoms with E-state index in [1.807, 2.05) is 35.9 Å². The minimum atomic E-state index is -0.0322. The molecule has 34 heavy (non-hydrogen) atoms. The predicted octanol–water partition coefficient (Wildman–Crippen LogP) is 3.40. The second kappa shape index (κ2) is 9.13. The van der Waals surface area contributed by atoms with E-state index in [2.05, 4.69) is 41.2 Å². The van der Waals surface area contributed by atoms with Crippen LogP contribution in [-0.2, 0) is 19.6 Å². The summed E-state index contributed by atoms with van der Waals surface area (Å²) in [6.07, 6.45) is 4.98. The molecule has 3 aromatic heterocycles. The first-order valence-electron chi connectivity index (χ1n) is 12.1. The summed E-state index contributed by atoms with van der Waals surface area (Å²) < 4.78 is 1.99. The number of hydrogen-bond donors (Lipinski definition) is 1. The van der Waals surface area contributed by atoms with Gasteiger partial charge in [-0.05, 0) is 58.4 Å². The number of rotatable bonds is 7. The summed E-state index contributed by atoms with van der Waals surface area (Å²) >= 11 is 0. The Morgan fingerprint density at radius 1 is 1.12 bits per heavy atom. The van der Waals surface area contributed by atoms with Crippen molar-refractivity contribution in [3.8, 4) is 11.5 Å². The number of aryl methyl sites for hydroxylation is 1. The topological polar surface area (TPSA) is 92.1 Å². The molecule has 1 N–H and O–H groups in total. The fourth-order valence-corrected chi connectivity index (χ4v) is 5.19. The third-order valence-corrected chi connectivity index (χ3v) is 6.87. The molecule has 1 saturated heterocycles. The average Bonchev–Trinajstić information content (AvgIpc) is 3.52. The number of fused-ring (bicyclic) bond motifs is 1. The Kier molecular flexibility index (Phi) is 6.03. The minimum absolute atomic E-state index is 0.0322. The van der Waals surface area contributed by atoms with Gasteiger partial charge in [-0.1, -0.05) is 13.0 Å². The van der Waals surface area contributed by atoms with Crippen LogP contribution in [0.2, 0.25) is 0 Å². The lowest BCUT2D eigenvalue weighted by molar-refractivity contribution is 0.0996. The van der Waals surface area contributed by atoms with Gasteiger partial charge < -0.3 is 14.8 Å². The number of nitrogens with zero attached hydrogens (tertiary/aromatic N) is 7. The third-order valence-electron chi connectivity index (χ3n) is 6.87. The molecule has 9 nitrogen and oxygen atoms in total. The Morgan fingerprint density at radius 3 is 2.65 bits per heavy atom. The van der Waals surface area contributed by atoms with Crippen molar-refractivity contribution < 1.29 is 4.79 Å². The molecule has 2 aliphatic rings. The van der Waals surface area contributed by atoms with Crippen molar-refractivity contribution >= 4 is 17.5 Å². The van der Waals surface area contributed by atoms with Gasteiger partial charge in [0.15, 0.2) is 5.82 Å². The molecule has 1 unspecified atom stereocenters. The molecule has 1 fully saturated rings. The molecule has 0 spiro atoms. The number of carbonyl (C=O) groups is 1. The van der Waals surface area contributed by atoms with Crippen LogP contribution in [0.4, 0.5) is 11.6 Å². The standard InChI is InChI=1S/C25H32N8O/c1-5-11-31-15-27-30-24(31)20-7-6-8-22(28-20)32-14-19-18(25(32)34)12-23(29-21(19)13-26-4)33-16(2)9-10-17(33)3/h6-8,12,15-17,26H,5,9-11,13-14H2,1-4H3/t16-,17?/m1/s1. The molecule has 5 rings (SSSR count). The lowest BCUT2D eigenvalue weighted by atomic mass is 10.1. The summed E-state index contributed by atoms with van der Waals surface area (Å²) in [7, 11) is 1.91. The maximum Gasteiger partial charge on any atom is 0.260 e. The molecule has 0 aromatic carbocycles. The van der Waals surface area contributed by atoms with E-state index < -0.39 is 0 Å². The molecule has 2 aliphatic heterocycles. The van der Waals surface area contributed by atoms with Gasteiger partial charge in [0.25, 0.3) is 5.91 Å². The lowest BCUT2D eigenvalue weighted by Crippen LogP contribution is -2.34. The van der Waals surface area contributed by atoms with Crippen LogP contribution < -0.4 is 15.1 Å². The van der Waals surface area contributed by atoms with E-state index in [9.17, 15) is 4.79 Å². The Balaban J connectivity index is 1.51. The van der Waals surface area contributed by atoms with Crippen molar-refractivity contribution in [1.29, 1.82) is 0 Å².